The highest BCUT2D eigenvalue weighted by atomic mass is 32.2. The first-order valence-corrected chi connectivity index (χ1v) is 11.4. The van der Waals surface area contributed by atoms with E-state index in [9.17, 15) is 22.4 Å². The Morgan fingerprint density at radius 2 is 1.80 bits per heavy atom. The van der Waals surface area contributed by atoms with Crippen LogP contribution in [-0.4, -0.2) is 75.5 Å². The molecule has 2 aliphatic heterocycles. The molecule has 0 saturated carbocycles. The van der Waals surface area contributed by atoms with Crippen LogP contribution in [-0.2, 0) is 24.3 Å². The molecule has 30 heavy (non-hydrogen) atoms. The molecule has 8 nitrogen and oxygen atoms in total. The fourth-order valence-electron chi connectivity index (χ4n) is 3.92. The number of amides is 1. The van der Waals surface area contributed by atoms with Gasteiger partial charge in [-0.05, 0) is 36.5 Å². The number of benzene rings is 1. The predicted molar refractivity (Wildman–Crippen MR) is 106 cm³/mol. The van der Waals surface area contributed by atoms with Crippen molar-refractivity contribution in [3.63, 3.8) is 0 Å². The highest BCUT2D eigenvalue weighted by Crippen LogP contribution is 2.22. The van der Waals surface area contributed by atoms with E-state index in [0.29, 0.717) is 24.9 Å². The number of hydrogen-bond acceptors (Lipinski definition) is 6. The summed E-state index contributed by atoms with van der Waals surface area (Å²) in [4.78, 5) is 26.2. The summed E-state index contributed by atoms with van der Waals surface area (Å²) < 4.78 is 51.1. The largest absolute Gasteiger partial charge is 0.452 e. The van der Waals surface area contributed by atoms with Gasteiger partial charge in [0.2, 0.25) is 10.0 Å². The summed E-state index contributed by atoms with van der Waals surface area (Å²) in [6.45, 7) is 5.66. The molecule has 0 radical (unpaired) electrons. The average Bonchev–Trinajstić information content (AvgIpc) is 2.71. The fourth-order valence-corrected chi connectivity index (χ4v) is 5.35. The second kappa shape index (κ2) is 9.40. The predicted octanol–water partition coefficient (Wildman–Crippen LogP) is 1.51. The lowest BCUT2D eigenvalue weighted by Gasteiger charge is -2.34. The first kappa shape index (κ1) is 22.6. The number of likely N-dealkylation sites (tertiary alicyclic amines) is 1. The van der Waals surface area contributed by atoms with Gasteiger partial charge in [-0.25, -0.2) is 17.6 Å². The number of esters is 1. The number of carbonyl (C=O) groups is 2. The second-order valence-electron chi connectivity index (χ2n) is 7.98. The molecular weight excluding hydrogens is 415 g/mol. The zero-order chi connectivity index (χ0) is 21.9. The summed E-state index contributed by atoms with van der Waals surface area (Å²) in [6.07, 6.45) is 1.03. The van der Waals surface area contributed by atoms with Crippen LogP contribution in [0.4, 0.5) is 4.39 Å². The number of ether oxygens (including phenoxy) is 2. The van der Waals surface area contributed by atoms with Crippen LogP contribution in [0.1, 0.15) is 30.6 Å². The Morgan fingerprint density at radius 1 is 1.17 bits per heavy atom. The molecule has 0 N–H and O–H groups in total. The van der Waals surface area contributed by atoms with Gasteiger partial charge in [0.15, 0.2) is 6.61 Å². The molecule has 2 saturated heterocycles. The van der Waals surface area contributed by atoms with E-state index in [1.807, 2.05) is 0 Å². The monoisotopic (exact) mass is 442 g/mol. The molecule has 166 valence electrons. The number of piperidine rings is 1. The van der Waals surface area contributed by atoms with Crippen LogP contribution in [0.2, 0.25) is 0 Å². The van der Waals surface area contributed by atoms with Crippen LogP contribution in [0.25, 0.3) is 0 Å². The molecule has 1 aromatic carbocycles. The number of carbonyl (C=O) groups excluding carboxylic acids is 2. The maximum atomic E-state index is 14.2. The summed E-state index contributed by atoms with van der Waals surface area (Å²) in [5.41, 5.74) is -0.516. The minimum atomic E-state index is -3.89. The van der Waals surface area contributed by atoms with Crippen LogP contribution >= 0.6 is 0 Å². The van der Waals surface area contributed by atoms with E-state index in [2.05, 4.69) is 13.8 Å². The summed E-state index contributed by atoms with van der Waals surface area (Å²) >= 11 is 0. The first-order chi connectivity index (χ1) is 14.2. The van der Waals surface area contributed by atoms with E-state index in [-0.39, 0.29) is 37.1 Å². The van der Waals surface area contributed by atoms with Gasteiger partial charge in [0, 0.05) is 26.2 Å². The lowest BCUT2D eigenvalue weighted by Crippen LogP contribution is -2.44. The van der Waals surface area contributed by atoms with Gasteiger partial charge in [0.05, 0.1) is 23.7 Å². The zero-order valence-electron chi connectivity index (χ0n) is 17.2. The van der Waals surface area contributed by atoms with Crippen molar-refractivity contribution in [3.05, 3.63) is 29.6 Å². The Kier molecular flexibility index (Phi) is 7.10. The number of nitrogens with zero attached hydrogens (tertiary/aromatic N) is 2. The Balaban J connectivity index is 1.68. The number of halogens is 1. The van der Waals surface area contributed by atoms with Crippen molar-refractivity contribution in [2.75, 3.05) is 46.0 Å². The maximum absolute atomic E-state index is 14.2. The zero-order valence-corrected chi connectivity index (χ0v) is 18.0. The molecule has 3 rings (SSSR count). The highest BCUT2D eigenvalue weighted by molar-refractivity contribution is 7.89. The van der Waals surface area contributed by atoms with E-state index in [1.165, 1.54) is 4.31 Å². The van der Waals surface area contributed by atoms with Crippen molar-refractivity contribution in [1.82, 2.24) is 9.21 Å². The Hall–Kier alpha value is -2.04. The quantitative estimate of drug-likeness (QED) is 0.642. The number of sulfonamides is 1. The maximum Gasteiger partial charge on any atom is 0.341 e. The van der Waals surface area contributed by atoms with Gasteiger partial charge >= 0.3 is 5.97 Å². The minimum absolute atomic E-state index is 0.181. The number of morpholine rings is 1. The van der Waals surface area contributed by atoms with E-state index >= 15 is 0 Å². The number of hydrogen-bond donors (Lipinski definition) is 0. The lowest BCUT2D eigenvalue weighted by atomic mass is 9.92. The molecular formula is C20H27FN2O6S. The SMILES string of the molecule is C[C@@H]1C[C@H](C)CN(C(=O)COC(=O)c2cc(S(=O)(=O)N3CCOCC3)ccc2F)C1. The van der Waals surface area contributed by atoms with Gasteiger partial charge in [0.1, 0.15) is 5.82 Å². The van der Waals surface area contributed by atoms with Gasteiger partial charge in [-0.1, -0.05) is 13.8 Å². The molecule has 0 aliphatic carbocycles. The third kappa shape index (κ3) is 5.16. The second-order valence-corrected chi connectivity index (χ2v) is 9.92. The smallest absolute Gasteiger partial charge is 0.341 e. The van der Waals surface area contributed by atoms with Gasteiger partial charge in [0.25, 0.3) is 5.91 Å². The highest BCUT2D eigenvalue weighted by Gasteiger charge is 2.29. The van der Waals surface area contributed by atoms with E-state index in [0.717, 1.165) is 24.6 Å². The molecule has 0 unspecified atom stereocenters. The Labute approximate surface area is 176 Å². The Bertz CT molecular complexity index is 891. The van der Waals surface area contributed by atoms with Gasteiger partial charge in [-0.3, -0.25) is 4.79 Å². The fraction of sp³-hybridized carbons (Fsp3) is 0.600. The first-order valence-electron chi connectivity index (χ1n) is 10.0. The molecule has 0 spiro atoms. The standard InChI is InChI=1S/C20H27FN2O6S/c1-14-9-15(2)12-22(11-14)19(24)13-29-20(25)17-10-16(3-4-18(17)21)30(26,27)23-5-7-28-8-6-23/h3-4,10,14-15H,5-9,11-13H2,1-2H3/t14-,15+. The van der Waals surface area contributed by atoms with Gasteiger partial charge < -0.3 is 14.4 Å². The molecule has 1 amide bonds. The summed E-state index contributed by atoms with van der Waals surface area (Å²) in [5, 5.41) is 0. The number of rotatable bonds is 5. The summed E-state index contributed by atoms with van der Waals surface area (Å²) in [6, 6.07) is 2.98. The van der Waals surface area contributed by atoms with Crippen LogP contribution in [0.15, 0.2) is 23.1 Å². The summed E-state index contributed by atoms with van der Waals surface area (Å²) in [7, 11) is -3.89. The molecule has 2 aliphatic rings. The Morgan fingerprint density at radius 3 is 2.43 bits per heavy atom. The van der Waals surface area contributed by atoms with Crippen LogP contribution < -0.4 is 0 Å². The molecule has 2 fully saturated rings. The van der Waals surface area contributed by atoms with E-state index in [4.69, 9.17) is 9.47 Å². The molecule has 2 atom stereocenters. The molecule has 1 aromatic rings. The van der Waals surface area contributed by atoms with Gasteiger partial charge in [-0.2, -0.15) is 4.31 Å². The normalized spacial score (nSPS) is 23.2. The average molecular weight is 443 g/mol. The van der Waals surface area contributed by atoms with E-state index < -0.39 is 34.0 Å². The third-order valence-electron chi connectivity index (χ3n) is 5.31. The van der Waals surface area contributed by atoms with Gasteiger partial charge in [-0.15, -0.1) is 0 Å². The topological polar surface area (TPSA) is 93.2 Å². The van der Waals surface area contributed by atoms with Crippen LogP contribution in [0.5, 0.6) is 0 Å². The van der Waals surface area contributed by atoms with Crippen molar-refractivity contribution in [1.29, 1.82) is 0 Å². The van der Waals surface area contributed by atoms with Crippen molar-refractivity contribution >= 4 is 21.9 Å². The minimum Gasteiger partial charge on any atom is -0.452 e. The van der Waals surface area contributed by atoms with Crippen molar-refractivity contribution in [2.45, 2.75) is 25.2 Å². The van der Waals surface area contributed by atoms with Crippen molar-refractivity contribution < 1.29 is 31.9 Å². The lowest BCUT2D eigenvalue weighted by molar-refractivity contribution is -0.137. The molecule has 0 aromatic heterocycles. The van der Waals surface area contributed by atoms with Crippen molar-refractivity contribution in [2.24, 2.45) is 11.8 Å². The summed E-state index contributed by atoms with van der Waals surface area (Å²) in [5.74, 6) is -1.62. The third-order valence-corrected chi connectivity index (χ3v) is 7.21. The van der Waals surface area contributed by atoms with E-state index in [1.54, 1.807) is 4.90 Å². The van der Waals surface area contributed by atoms with Crippen LogP contribution in [0.3, 0.4) is 0 Å². The molecule has 10 heteroatoms. The molecule has 0 bridgehead atoms. The molecule has 2 heterocycles. The van der Waals surface area contributed by atoms with Crippen LogP contribution in [0, 0.1) is 17.7 Å². The van der Waals surface area contributed by atoms with Crippen molar-refractivity contribution in [3.8, 4) is 0 Å².